The second kappa shape index (κ2) is 5.76. The minimum Gasteiger partial charge on any atom is -0.232 e. The van der Waals surface area contributed by atoms with Crippen LogP contribution in [0.25, 0.3) is 21.8 Å². The van der Waals surface area contributed by atoms with Crippen molar-refractivity contribution >= 4 is 55.4 Å². The third kappa shape index (κ3) is 2.44. The van der Waals surface area contributed by atoms with Crippen molar-refractivity contribution in [3.8, 4) is 0 Å². The Bertz CT molecular complexity index is 1280. The third-order valence-electron chi connectivity index (χ3n) is 4.39. The predicted molar refractivity (Wildman–Crippen MR) is 107 cm³/mol. The van der Waals surface area contributed by atoms with Gasteiger partial charge in [0, 0.05) is 16.2 Å². The first-order valence-electron chi connectivity index (χ1n) is 7.75. The highest BCUT2D eigenvalue weighted by molar-refractivity contribution is 7.90. The summed E-state index contributed by atoms with van der Waals surface area (Å²) in [6.07, 6.45) is 0. The molecule has 0 atom stereocenters. The minimum absolute atomic E-state index is 0.283. The summed E-state index contributed by atoms with van der Waals surface area (Å²) in [6.45, 7) is 3.89. The van der Waals surface area contributed by atoms with Crippen LogP contribution in [-0.4, -0.2) is 12.4 Å². The highest BCUT2D eigenvalue weighted by Crippen LogP contribution is 2.35. The topological polar surface area (TPSA) is 39.1 Å². The summed E-state index contributed by atoms with van der Waals surface area (Å²) in [7, 11) is -3.71. The first-order chi connectivity index (χ1) is 11.9. The number of nitrogens with zero attached hydrogens (tertiary/aromatic N) is 1. The van der Waals surface area contributed by atoms with Crippen LogP contribution in [0.2, 0.25) is 0 Å². The smallest absolute Gasteiger partial charge is 0.232 e. The van der Waals surface area contributed by atoms with Crippen LogP contribution in [0.5, 0.6) is 0 Å². The highest BCUT2D eigenvalue weighted by atomic mass is 32.2. The molecule has 6 heteroatoms. The molecule has 2 aromatic heterocycles. The van der Waals surface area contributed by atoms with E-state index in [0.29, 0.717) is 11.0 Å². The third-order valence-corrected chi connectivity index (χ3v) is 7.58. The Hall–Kier alpha value is -2.02. The van der Waals surface area contributed by atoms with Gasteiger partial charge < -0.3 is 0 Å². The van der Waals surface area contributed by atoms with E-state index in [1.165, 1.54) is 15.3 Å². The summed E-state index contributed by atoms with van der Waals surface area (Å²) in [4.78, 5) is 0.283. The number of hydrogen-bond acceptors (Lipinski definition) is 4. The van der Waals surface area contributed by atoms with Crippen molar-refractivity contribution < 1.29 is 8.42 Å². The van der Waals surface area contributed by atoms with E-state index in [1.807, 2.05) is 55.6 Å². The molecule has 0 aliphatic carbocycles. The van der Waals surface area contributed by atoms with E-state index < -0.39 is 10.0 Å². The lowest BCUT2D eigenvalue weighted by Gasteiger charge is -2.09. The van der Waals surface area contributed by atoms with Gasteiger partial charge >= 0.3 is 0 Å². The maximum Gasteiger partial charge on any atom is 0.268 e. The van der Waals surface area contributed by atoms with Crippen LogP contribution in [-0.2, 0) is 10.0 Å². The van der Waals surface area contributed by atoms with Gasteiger partial charge in [-0.15, -0.1) is 11.3 Å². The van der Waals surface area contributed by atoms with Crippen molar-refractivity contribution in [2.45, 2.75) is 18.7 Å². The zero-order valence-corrected chi connectivity index (χ0v) is 16.1. The summed E-state index contributed by atoms with van der Waals surface area (Å²) in [6, 6.07) is 14.5. The van der Waals surface area contributed by atoms with Crippen LogP contribution in [0.3, 0.4) is 0 Å². The van der Waals surface area contributed by atoms with Gasteiger partial charge in [-0.2, -0.15) is 0 Å². The number of rotatable bonds is 2. The zero-order chi connectivity index (χ0) is 17.8. The Kier molecular flexibility index (Phi) is 3.79. The number of fused-ring (bicyclic) bond motifs is 3. The van der Waals surface area contributed by atoms with Crippen molar-refractivity contribution in [1.29, 1.82) is 0 Å². The summed E-state index contributed by atoms with van der Waals surface area (Å²) < 4.78 is 29.0. The molecule has 0 amide bonds. The molecule has 4 aromatic rings. The predicted octanol–water partition coefficient (Wildman–Crippen LogP) is 5.44. The van der Waals surface area contributed by atoms with Crippen molar-refractivity contribution in [2.24, 2.45) is 0 Å². The van der Waals surface area contributed by atoms with Crippen LogP contribution >= 0.6 is 23.6 Å². The van der Waals surface area contributed by atoms with Crippen LogP contribution < -0.4 is 0 Å². The molecule has 2 aromatic carbocycles. The van der Waals surface area contributed by atoms with Crippen LogP contribution in [0, 0.1) is 17.7 Å². The van der Waals surface area contributed by atoms with E-state index in [9.17, 15) is 8.42 Å². The fourth-order valence-electron chi connectivity index (χ4n) is 3.11. The van der Waals surface area contributed by atoms with Crippen molar-refractivity contribution in [3.63, 3.8) is 0 Å². The molecule has 0 bridgehead atoms. The molecule has 0 saturated heterocycles. The molecule has 25 heavy (non-hydrogen) atoms. The average Bonchev–Trinajstić information content (AvgIpc) is 2.94. The monoisotopic (exact) mass is 385 g/mol. The molecule has 0 spiro atoms. The Balaban J connectivity index is 2.19. The quantitative estimate of drug-likeness (QED) is 0.431. The summed E-state index contributed by atoms with van der Waals surface area (Å²) in [5.74, 6) is 0. The lowest BCUT2D eigenvalue weighted by Crippen LogP contribution is -2.12. The fraction of sp³-hybridized carbons (Fsp3) is 0.105. The maximum absolute atomic E-state index is 13.4. The standard InChI is InChI=1S/C19H15NO2S3/c1-12-7-9-14(10-8-12)25(21,22)20-16-6-4-3-5-15(16)18-13(2)19(23)24-11-17(18)20/h3-11H,1-2H3. The molecular formula is C19H15NO2S3. The molecule has 0 N–H and O–H groups in total. The number of aromatic nitrogens is 1. The normalized spacial score (nSPS) is 12.1. The Morgan fingerprint density at radius 3 is 2.36 bits per heavy atom. The van der Waals surface area contributed by atoms with Crippen molar-refractivity contribution in [1.82, 2.24) is 3.97 Å². The summed E-state index contributed by atoms with van der Waals surface area (Å²) in [5.41, 5.74) is 3.33. The van der Waals surface area contributed by atoms with E-state index in [1.54, 1.807) is 12.1 Å². The number of benzene rings is 2. The van der Waals surface area contributed by atoms with E-state index in [-0.39, 0.29) is 4.90 Å². The highest BCUT2D eigenvalue weighted by Gasteiger charge is 2.24. The SMILES string of the molecule is Cc1ccc(S(=O)(=O)n2c3ccccc3c3c(C)c(=S)scc32)cc1. The Morgan fingerprint density at radius 2 is 1.64 bits per heavy atom. The van der Waals surface area contributed by atoms with E-state index in [0.717, 1.165) is 25.7 Å². The number of para-hydroxylation sites is 1. The van der Waals surface area contributed by atoms with Crippen LogP contribution in [0.15, 0.2) is 58.8 Å². The van der Waals surface area contributed by atoms with Gasteiger partial charge in [0.05, 0.1) is 19.8 Å². The Labute approximate surface area is 155 Å². The molecular weight excluding hydrogens is 370 g/mol. The molecule has 0 radical (unpaired) electrons. The maximum atomic E-state index is 13.4. The van der Waals surface area contributed by atoms with Gasteiger partial charge in [-0.1, -0.05) is 48.1 Å². The lowest BCUT2D eigenvalue weighted by atomic mass is 10.1. The summed E-state index contributed by atoms with van der Waals surface area (Å²) >= 11 is 6.81. The van der Waals surface area contributed by atoms with Gasteiger partial charge in [-0.25, -0.2) is 12.4 Å². The van der Waals surface area contributed by atoms with E-state index in [4.69, 9.17) is 12.2 Å². The molecule has 0 aliphatic rings. The lowest BCUT2D eigenvalue weighted by molar-refractivity contribution is 0.590. The van der Waals surface area contributed by atoms with Gasteiger partial charge in [-0.3, -0.25) is 0 Å². The summed E-state index contributed by atoms with van der Waals surface area (Å²) in [5, 5.41) is 3.66. The van der Waals surface area contributed by atoms with Crippen LogP contribution in [0.1, 0.15) is 11.1 Å². The van der Waals surface area contributed by atoms with Gasteiger partial charge in [0.2, 0.25) is 0 Å². The molecule has 2 heterocycles. The molecule has 0 saturated carbocycles. The Morgan fingerprint density at radius 1 is 0.960 bits per heavy atom. The largest absolute Gasteiger partial charge is 0.268 e. The fourth-order valence-corrected chi connectivity index (χ4v) is 5.65. The molecule has 4 rings (SSSR count). The van der Waals surface area contributed by atoms with Crippen molar-refractivity contribution in [2.75, 3.05) is 0 Å². The second-order valence-electron chi connectivity index (χ2n) is 6.01. The van der Waals surface area contributed by atoms with Gasteiger partial charge in [-0.05, 0) is 37.6 Å². The van der Waals surface area contributed by atoms with E-state index in [2.05, 4.69) is 0 Å². The average molecular weight is 386 g/mol. The van der Waals surface area contributed by atoms with Gasteiger partial charge in [0.15, 0.2) is 0 Å². The first-order valence-corrected chi connectivity index (χ1v) is 10.5. The van der Waals surface area contributed by atoms with Crippen LogP contribution in [0.4, 0.5) is 0 Å². The number of hydrogen-bond donors (Lipinski definition) is 0. The van der Waals surface area contributed by atoms with Crippen molar-refractivity contribution in [3.05, 3.63) is 68.9 Å². The minimum atomic E-state index is -3.71. The second-order valence-corrected chi connectivity index (χ2v) is 9.34. The molecule has 126 valence electrons. The molecule has 0 aliphatic heterocycles. The number of aryl methyl sites for hydroxylation is 2. The van der Waals surface area contributed by atoms with Gasteiger partial charge in [0.1, 0.15) is 0 Å². The molecule has 0 unspecified atom stereocenters. The van der Waals surface area contributed by atoms with Gasteiger partial charge in [0.25, 0.3) is 10.0 Å². The zero-order valence-electron chi connectivity index (χ0n) is 13.7. The molecule has 3 nitrogen and oxygen atoms in total. The first kappa shape index (κ1) is 16.4. The van der Waals surface area contributed by atoms with E-state index >= 15 is 0 Å². The molecule has 0 fully saturated rings.